The lowest BCUT2D eigenvalue weighted by Crippen LogP contribution is -2.17. The van der Waals surface area contributed by atoms with E-state index in [9.17, 15) is 4.79 Å². The molecule has 0 radical (unpaired) electrons. The molecule has 0 aromatic heterocycles. The second-order valence-corrected chi connectivity index (χ2v) is 6.49. The van der Waals surface area contributed by atoms with Gasteiger partial charge in [0.1, 0.15) is 5.60 Å². The lowest BCUT2D eigenvalue weighted by atomic mass is 10.0. The van der Waals surface area contributed by atoms with Crippen LogP contribution in [0.15, 0.2) is 45.7 Å². The first-order valence-electron chi connectivity index (χ1n) is 5.67. The van der Waals surface area contributed by atoms with Crippen LogP contribution in [0.25, 0.3) is 0 Å². The number of carbonyl (C=O) groups is 1. The highest BCUT2D eigenvalue weighted by Gasteiger charge is 2.49. The van der Waals surface area contributed by atoms with Gasteiger partial charge in [-0.15, -0.1) is 0 Å². The number of hydrogen-bond acceptors (Lipinski definition) is 2. The highest BCUT2D eigenvalue weighted by Crippen LogP contribution is 2.42. The summed E-state index contributed by atoms with van der Waals surface area (Å²) in [6, 6.07) is 10.1. The maximum atomic E-state index is 11.0. The van der Waals surface area contributed by atoms with Crippen LogP contribution in [0, 0.1) is 0 Å². The molecular formula is C14H17O2S+. The Morgan fingerprint density at radius 3 is 2.59 bits per heavy atom. The predicted molar refractivity (Wildman–Crippen MR) is 70.6 cm³/mol. The topological polar surface area (TPSA) is 26.3 Å². The molecule has 1 unspecified atom stereocenters. The highest BCUT2D eigenvalue weighted by molar-refractivity contribution is 7.96. The van der Waals surface area contributed by atoms with Crippen LogP contribution in [0.5, 0.6) is 0 Å². The van der Waals surface area contributed by atoms with E-state index in [2.05, 4.69) is 26.0 Å². The third-order valence-electron chi connectivity index (χ3n) is 2.69. The zero-order valence-electron chi connectivity index (χ0n) is 10.4. The molecule has 1 aliphatic heterocycles. The van der Waals surface area contributed by atoms with E-state index in [1.807, 2.05) is 25.1 Å². The third-order valence-corrected chi connectivity index (χ3v) is 4.92. The molecule has 2 nitrogen and oxygen atoms in total. The fourth-order valence-electron chi connectivity index (χ4n) is 1.84. The molecule has 0 amide bonds. The molecule has 0 spiro atoms. The van der Waals surface area contributed by atoms with Crippen molar-refractivity contribution in [3.05, 3.63) is 40.8 Å². The Kier molecular flexibility index (Phi) is 3.40. The van der Waals surface area contributed by atoms with Crippen LogP contribution in [-0.4, -0.2) is 11.9 Å². The van der Waals surface area contributed by atoms with E-state index in [0.29, 0.717) is 0 Å². The van der Waals surface area contributed by atoms with Crippen molar-refractivity contribution >= 4 is 17.5 Å². The molecular weight excluding hydrogens is 232 g/mol. The Balaban J connectivity index is 2.42. The van der Waals surface area contributed by atoms with Gasteiger partial charge in [0.25, 0.3) is 0 Å². The van der Waals surface area contributed by atoms with Crippen molar-refractivity contribution in [1.29, 1.82) is 0 Å². The zero-order valence-corrected chi connectivity index (χ0v) is 11.2. The van der Waals surface area contributed by atoms with Gasteiger partial charge in [0.2, 0.25) is 11.2 Å². The van der Waals surface area contributed by atoms with E-state index in [4.69, 9.17) is 4.18 Å². The van der Waals surface area contributed by atoms with Crippen molar-refractivity contribution in [1.82, 2.24) is 0 Å². The van der Waals surface area contributed by atoms with Gasteiger partial charge in [0, 0.05) is 5.57 Å². The van der Waals surface area contributed by atoms with E-state index in [0.717, 1.165) is 28.1 Å². The van der Waals surface area contributed by atoms with E-state index >= 15 is 0 Å². The third kappa shape index (κ3) is 2.61. The number of rotatable bonds is 2. The molecule has 2 rings (SSSR count). The first-order chi connectivity index (χ1) is 8.03. The molecule has 1 fully saturated rings. The van der Waals surface area contributed by atoms with Gasteiger partial charge in [0.15, 0.2) is 16.1 Å². The number of carbonyl (C=O) groups excluding carboxylic acids is 1. The number of benzene rings is 1. The Morgan fingerprint density at radius 1 is 1.35 bits per heavy atom. The van der Waals surface area contributed by atoms with Gasteiger partial charge in [-0.05, 0) is 32.9 Å². The minimum Gasteiger partial charge on any atom is -0.298 e. The van der Waals surface area contributed by atoms with Gasteiger partial charge < -0.3 is 0 Å². The summed E-state index contributed by atoms with van der Waals surface area (Å²) in [5.41, 5.74) is 0.626. The van der Waals surface area contributed by atoms with Gasteiger partial charge in [-0.3, -0.25) is 4.79 Å². The maximum absolute atomic E-state index is 11.0. The van der Waals surface area contributed by atoms with Crippen LogP contribution < -0.4 is 0 Å². The maximum Gasteiger partial charge on any atom is 0.219 e. The largest absolute Gasteiger partial charge is 0.298 e. The molecule has 1 heterocycles. The molecule has 1 aromatic carbocycles. The fourth-order valence-corrected chi connectivity index (χ4v) is 4.06. The minimum absolute atomic E-state index is 0.182. The summed E-state index contributed by atoms with van der Waals surface area (Å²) >= 11 is -0.380. The molecule has 90 valence electrons. The zero-order chi connectivity index (χ0) is 12.5. The van der Waals surface area contributed by atoms with Crippen molar-refractivity contribution < 1.29 is 8.98 Å². The molecule has 0 aliphatic carbocycles. The second kappa shape index (κ2) is 4.67. The first kappa shape index (κ1) is 12.4. The van der Waals surface area contributed by atoms with Crippen LogP contribution in [0.3, 0.4) is 0 Å². The Hall–Kier alpha value is -1.06. The standard InChI is InChI=1S/C14H17O2S/c1-11(10-15)13-9-14(2,3)16-17(13)12-7-5-4-6-8-12/h4-8,10H,9H2,1-3H3/q+1/b13-11-. The average Bonchev–Trinajstić information content (AvgIpc) is 2.65. The minimum atomic E-state index is -0.380. The van der Waals surface area contributed by atoms with Crippen LogP contribution in [-0.2, 0) is 20.2 Å². The van der Waals surface area contributed by atoms with Gasteiger partial charge >= 0.3 is 0 Å². The van der Waals surface area contributed by atoms with Crippen LogP contribution in [0.2, 0.25) is 0 Å². The van der Waals surface area contributed by atoms with E-state index in [-0.39, 0.29) is 16.8 Å². The molecule has 0 saturated carbocycles. The molecule has 3 heteroatoms. The summed E-state index contributed by atoms with van der Waals surface area (Å²) in [7, 11) is 0. The average molecular weight is 249 g/mol. The van der Waals surface area contributed by atoms with Crippen LogP contribution in [0.4, 0.5) is 0 Å². The molecule has 1 aromatic rings. The monoisotopic (exact) mass is 249 g/mol. The van der Waals surface area contributed by atoms with Gasteiger partial charge in [-0.2, -0.15) is 4.18 Å². The molecule has 17 heavy (non-hydrogen) atoms. The number of allylic oxidation sites excluding steroid dienone is 1. The fraction of sp³-hybridized carbons (Fsp3) is 0.357. The number of hydrogen-bond donors (Lipinski definition) is 0. The van der Waals surface area contributed by atoms with Gasteiger partial charge in [-0.25, -0.2) is 0 Å². The summed E-state index contributed by atoms with van der Waals surface area (Å²) < 4.78 is 6.08. The molecule has 1 atom stereocenters. The van der Waals surface area contributed by atoms with Crippen molar-refractivity contribution in [2.24, 2.45) is 0 Å². The highest BCUT2D eigenvalue weighted by atomic mass is 32.2. The van der Waals surface area contributed by atoms with Crippen LogP contribution in [0.1, 0.15) is 27.2 Å². The Labute approximate surface area is 105 Å². The first-order valence-corrected chi connectivity index (χ1v) is 6.82. The quantitative estimate of drug-likeness (QED) is 0.457. The summed E-state index contributed by atoms with van der Waals surface area (Å²) in [4.78, 5) is 13.3. The van der Waals surface area contributed by atoms with E-state index < -0.39 is 0 Å². The van der Waals surface area contributed by atoms with Crippen LogP contribution >= 0.6 is 0 Å². The summed E-state index contributed by atoms with van der Waals surface area (Å²) in [6.07, 6.45) is 1.76. The summed E-state index contributed by atoms with van der Waals surface area (Å²) in [6.45, 7) is 6.01. The van der Waals surface area contributed by atoms with Crippen molar-refractivity contribution in [2.45, 2.75) is 37.7 Å². The molecule has 1 aliphatic rings. The molecule has 1 saturated heterocycles. The number of aldehydes is 1. The predicted octanol–water partition coefficient (Wildman–Crippen LogP) is 3.25. The lowest BCUT2D eigenvalue weighted by molar-refractivity contribution is -0.104. The van der Waals surface area contributed by atoms with Crippen molar-refractivity contribution in [3.8, 4) is 0 Å². The van der Waals surface area contributed by atoms with Crippen molar-refractivity contribution in [3.63, 3.8) is 0 Å². The van der Waals surface area contributed by atoms with E-state index in [1.165, 1.54) is 0 Å². The lowest BCUT2D eigenvalue weighted by Gasteiger charge is -2.08. The van der Waals surface area contributed by atoms with Gasteiger partial charge in [-0.1, -0.05) is 18.2 Å². The Morgan fingerprint density at radius 2 is 2.00 bits per heavy atom. The molecule has 0 bridgehead atoms. The van der Waals surface area contributed by atoms with E-state index in [1.54, 1.807) is 0 Å². The smallest absolute Gasteiger partial charge is 0.219 e. The SMILES string of the molecule is C/C(C=O)=C1\CC(C)(C)O[S+]1c1ccccc1. The van der Waals surface area contributed by atoms with Crippen molar-refractivity contribution in [2.75, 3.05) is 0 Å². The second-order valence-electron chi connectivity index (χ2n) is 4.83. The summed E-state index contributed by atoms with van der Waals surface area (Å²) in [5, 5.41) is 0. The molecule has 0 N–H and O–H groups in total. The normalized spacial score (nSPS) is 25.7. The Bertz CT molecular complexity index is 449. The van der Waals surface area contributed by atoms with Gasteiger partial charge in [0.05, 0.1) is 6.42 Å². The summed E-state index contributed by atoms with van der Waals surface area (Å²) in [5.74, 6) is 0.